The third kappa shape index (κ3) is 2.78. The van der Waals surface area contributed by atoms with Crippen LogP contribution < -0.4 is 5.32 Å². The van der Waals surface area contributed by atoms with Gasteiger partial charge in [-0.25, -0.2) is 0 Å². The molecule has 1 N–H and O–H groups in total. The molecule has 0 fully saturated rings. The minimum Gasteiger partial charge on any atom is -0.355 e. The van der Waals surface area contributed by atoms with E-state index in [4.69, 9.17) is 9.26 Å². The third-order valence-corrected chi connectivity index (χ3v) is 4.15. The summed E-state index contributed by atoms with van der Waals surface area (Å²) in [6.45, 7) is 3.70. The number of methoxy groups -OCH3 is 1. The monoisotopic (exact) mass is 324 g/mol. The summed E-state index contributed by atoms with van der Waals surface area (Å²) in [6.07, 6.45) is 0.438. The number of carbonyl (C=O) groups excluding carboxylic acids is 1. The second-order valence-corrected chi connectivity index (χ2v) is 5.71. The largest absolute Gasteiger partial charge is 0.355 e. The Morgan fingerprint density at radius 3 is 2.67 bits per heavy atom. The minimum absolute atomic E-state index is 0.0685. The van der Waals surface area contributed by atoms with Crippen LogP contribution in [0.25, 0.3) is 10.9 Å². The number of ketones is 1. The predicted molar refractivity (Wildman–Crippen MR) is 93.1 cm³/mol. The quantitative estimate of drug-likeness (QED) is 0.539. The van der Waals surface area contributed by atoms with Crippen molar-refractivity contribution in [2.75, 3.05) is 12.4 Å². The fraction of sp³-hybridized carbons (Fsp3) is 0.263. The third-order valence-electron chi connectivity index (χ3n) is 4.15. The van der Waals surface area contributed by atoms with E-state index in [0.29, 0.717) is 23.4 Å². The Bertz CT molecular complexity index is 872. The number of ether oxygens (including phenoxy) is 1. The number of Topliss-reactive ketones (excluding diaryl/α,β-unsaturated/α-hetero) is 1. The van der Waals surface area contributed by atoms with Crippen molar-refractivity contribution in [3.63, 3.8) is 0 Å². The highest BCUT2D eigenvalue weighted by Gasteiger charge is 2.33. The van der Waals surface area contributed by atoms with Crippen LogP contribution in [0.4, 0.5) is 5.69 Å². The zero-order valence-electron chi connectivity index (χ0n) is 14.0. The number of para-hydroxylation sites is 1. The van der Waals surface area contributed by atoms with Gasteiger partial charge in [0.15, 0.2) is 17.3 Å². The van der Waals surface area contributed by atoms with Crippen LogP contribution in [-0.2, 0) is 10.5 Å². The molecule has 0 aliphatic carbocycles. The fourth-order valence-electron chi connectivity index (χ4n) is 2.72. The van der Waals surface area contributed by atoms with E-state index in [0.717, 1.165) is 10.9 Å². The van der Waals surface area contributed by atoms with Crippen molar-refractivity contribution in [2.24, 2.45) is 0 Å². The molecule has 2 aromatic carbocycles. The smallest absolute Gasteiger partial charge is 0.198 e. The molecule has 0 radical (unpaired) electrons. The number of nitrogens with zero attached hydrogens (tertiary/aromatic N) is 1. The van der Waals surface area contributed by atoms with Gasteiger partial charge in [0.05, 0.1) is 0 Å². The standard InChI is InChI=1S/C19H20N2O3/c1-4-17(22)13-9-5-7-11-15(13)20-19(2,23-3)18-14-10-6-8-12-16(14)21-24-18/h5-12,20H,4H2,1-3H3/t19-/m0/s1. The number of hydrogen-bond donors (Lipinski definition) is 1. The SMILES string of the molecule is CCC(=O)c1ccccc1N[C@@](C)(OC)c1onc2ccccc12. The summed E-state index contributed by atoms with van der Waals surface area (Å²) < 4.78 is 11.3. The van der Waals surface area contributed by atoms with Crippen LogP contribution in [0.2, 0.25) is 0 Å². The van der Waals surface area contributed by atoms with Gasteiger partial charge < -0.3 is 14.6 Å². The van der Waals surface area contributed by atoms with Gasteiger partial charge in [-0.1, -0.05) is 36.3 Å². The summed E-state index contributed by atoms with van der Waals surface area (Å²) in [5.74, 6) is 0.637. The Hall–Kier alpha value is -2.66. The lowest BCUT2D eigenvalue weighted by molar-refractivity contribution is 0.00640. The number of aromatic nitrogens is 1. The molecule has 1 heterocycles. The molecule has 0 unspecified atom stereocenters. The highest BCUT2D eigenvalue weighted by molar-refractivity contribution is 6.01. The van der Waals surface area contributed by atoms with Gasteiger partial charge in [0.1, 0.15) is 5.52 Å². The molecule has 1 aromatic heterocycles. The molecule has 0 aliphatic heterocycles. The maximum atomic E-state index is 12.2. The normalized spacial score (nSPS) is 13.6. The van der Waals surface area contributed by atoms with Crippen molar-refractivity contribution in [1.82, 2.24) is 5.16 Å². The van der Waals surface area contributed by atoms with Crippen molar-refractivity contribution >= 4 is 22.4 Å². The van der Waals surface area contributed by atoms with Crippen molar-refractivity contribution in [3.05, 3.63) is 59.9 Å². The first-order valence-electron chi connectivity index (χ1n) is 7.89. The van der Waals surface area contributed by atoms with Crippen molar-refractivity contribution < 1.29 is 14.1 Å². The number of benzene rings is 2. The Morgan fingerprint density at radius 1 is 1.21 bits per heavy atom. The zero-order chi connectivity index (χ0) is 17.2. The molecule has 0 amide bonds. The molecule has 3 rings (SSSR count). The number of nitrogens with one attached hydrogen (secondary N) is 1. The van der Waals surface area contributed by atoms with Crippen LogP contribution in [0, 0.1) is 0 Å². The van der Waals surface area contributed by atoms with E-state index in [1.54, 1.807) is 7.11 Å². The average Bonchev–Trinajstić information content (AvgIpc) is 3.06. The first-order valence-corrected chi connectivity index (χ1v) is 7.89. The Balaban J connectivity index is 2.05. The van der Waals surface area contributed by atoms with Crippen molar-refractivity contribution in [3.8, 4) is 0 Å². The molecule has 1 atom stereocenters. The molecule has 0 saturated carbocycles. The summed E-state index contributed by atoms with van der Waals surface area (Å²) in [7, 11) is 1.59. The van der Waals surface area contributed by atoms with Crippen LogP contribution in [0.15, 0.2) is 53.1 Å². The van der Waals surface area contributed by atoms with Gasteiger partial charge >= 0.3 is 0 Å². The molecular weight excluding hydrogens is 304 g/mol. The van der Waals surface area contributed by atoms with Gasteiger partial charge in [-0.2, -0.15) is 0 Å². The van der Waals surface area contributed by atoms with Crippen LogP contribution in [0.3, 0.4) is 0 Å². The zero-order valence-corrected chi connectivity index (χ0v) is 14.0. The van der Waals surface area contributed by atoms with Gasteiger partial charge in [-0.15, -0.1) is 0 Å². The van der Waals surface area contributed by atoms with E-state index in [-0.39, 0.29) is 5.78 Å². The van der Waals surface area contributed by atoms with Crippen molar-refractivity contribution in [2.45, 2.75) is 26.0 Å². The number of rotatable bonds is 6. The van der Waals surface area contributed by atoms with Gasteiger partial charge in [0.2, 0.25) is 0 Å². The fourth-order valence-corrected chi connectivity index (χ4v) is 2.72. The summed E-state index contributed by atoms with van der Waals surface area (Å²) in [6, 6.07) is 15.0. The second-order valence-electron chi connectivity index (χ2n) is 5.71. The molecule has 5 heteroatoms. The molecule has 124 valence electrons. The predicted octanol–water partition coefficient (Wildman–Crippen LogP) is 4.35. The highest BCUT2D eigenvalue weighted by Crippen LogP contribution is 2.33. The molecule has 0 aliphatic rings. The molecular formula is C19H20N2O3. The van der Waals surface area contributed by atoms with E-state index >= 15 is 0 Å². The molecule has 0 bridgehead atoms. The van der Waals surface area contributed by atoms with Crippen LogP contribution in [0.1, 0.15) is 36.4 Å². The molecule has 3 aromatic rings. The Kier molecular flexibility index (Phi) is 4.36. The highest BCUT2D eigenvalue weighted by atomic mass is 16.5. The lowest BCUT2D eigenvalue weighted by Crippen LogP contribution is -2.34. The number of anilines is 1. The molecule has 0 saturated heterocycles. The number of carbonyl (C=O) groups is 1. The molecule has 0 spiro atoms. The maximum absolute atomic E-state index is 12.2. The Labute approximate surface area is 140 Å². The van der Waals surface area contributed by atoms with Crippen LogP contribution in [-0.4, -0.2) is 18.0 Å². The summed E-state index contributed by atoms with van der Waals surface area (Å²) in [5, 5.41) is 8.26. The number of fused-ring (bicyclic) bond motifs is 1. The minimum atomic E-state index is -0.958. The lowest BCUT2D eigenvalue weighted by atomic mass is 10.0. The van der Waals surface area contributed by atoms with E-state index < -0.39 is 5.72 Å². The van der Waals surface area contributed by atoms with E-state index in [1.165, 1.54) is 0 Å². The first-order chi connectivity index (χ1) is 11.6. The van der Waals surface area contributed by atoms with Crippen LogP contribution >= 0.6 is 0 Å². The first kappa shape index (κ1) is 16.2. The van der Waals surface area contributed by atoms with E-state index in [9.17, 15) is 4.79 Å². The number of hydrogen-bond acceptors (Lipinski definition) is 5. The molecule has 24 heavy (non-hydrogen) atoms. The summed E-state index contributed by atoms with van der Waals surface area (Å²) in [4.78, 5) is 12.2. The second kappa shape index (κ2) is 6.45. The summed E-state index contributed by atoms with van der Waals surface area (Å²) in [5.41, 5.74) is 1.14. The lowest BCUT2D eigenvalue weighted by Gasteiger charge is -2.29. The van der Waals surface area contributed by atoms with Gasteiger partial charge in [-0.05, 0) is 31.2 Å². The summed E-state index contributed by atoms with van der Waals surface area (Å²) >= 11 is 0. The molecule has 5 nitrogen and oxygen atoms in total. The average molecular weight is 324 g/mol. The van der Waals surface area contributed by atoms with Crippen LogP contribution in [0.5, 0.6) is 0 Å². The maximum Gasteiger partial charge on any atom is 0.198 e. The topological polar surface area (TPSA) is 64.4 Å². The van der Waals surface area contributed by atoms with Gasteiger partial charge in [0, 0.05) is 30.2 Å². The van der Waals surface area contributed by atoms with E-state index in [1.807, 2.05) is 62.4 Å². The van der Waals surface area contributed by atoms with Gasteiger partial charge in [0.25, 0.3) is 0 Å². The van der Waals surface area contributed by atoms with Gasteiger partial charge in [-0.3, -0.25) is 4.79 Å². The van der Waals surface area contributed by atoms with E-state index in [2.05, 4.69) is 10.5 Å². The Morgan fingerprint density at radius 2 is 1.92 bits per heavy atom. The van der Waals surface area contributed by atoms with Crippen molar-refractivity contribution in [1.29, 1.82) is 0 Å².